The van der Waals surface area contributed by atoms with Crippen molar-refractivity contribution in [3.63, 3.8) is 0 Å². The molecule has 0 spiro atoms. The summed E-state index contributed by atoms with van der Waals surface area (Å²) in [5.41, 5.74) is 6.58. The highest BCUT2D eigenvalue weighted by Gasteiger charge is 2.44. The minimum atomic E-state index is -0.694. The third-order valence-electron chi connectivity index (χ3n) is 6.74. The summed E-state index contributed by atoms with van der Waals surface area (Å²) in [5.74, 6) is -0.766. The molecule has 0 saturated carbocycles. The zero-order valence-electron chi connectivity index (χ0n) is 18.4. The molecule has 0 aromatic heterocycles. The zero-order chi connectivity index (χ0) is 23.1. The van der Waals surface area contributed by atoms with E-state index in [2.05, 4.69) is 18.2 Å². The van der Waals surface area contributed by atoms with Crippen LogP contribution in [0.1, 0.15) is 55.8 Å². The second-order valence-electron chi connectivity index (χ2n) is 8.69. The average molecular weight is 447 g/mol. The van der Waals surface area contributed by atoms with E-state index in [1.54, 1.807) is 48.5 Å². The number of carbonyl (C=O) groups excluding carboxylic acids is 2. The lowest BCUT2D eigenvalue weighted by Crippen LogP contribution is -2.35. The van der Waals surface area contributed by atoms with Crippen LogP contribution in [0.25, 0.3) is 11.1 Å². The SMILES string of the molecule is O=C(O[C@H]1C[C@H]2c3ccccc3-c3cccc(c32)[C@@H]1OC(=O)c1ccccc1)c1ccccc1. The van der Waals surface area contributed by atoms with E-state index in [0.717, 1.165) is 11.1 Å². The molecule has 4 aromatic carbocycles. The monoisotopic (exact) mass is 446 g/mol. The first-order valence-electron chi connectivity index (χ1n) is 11.4. The van der Waals surface area contributed by atoms with E-state index in [4.69, 9.17) is 9.47 Å². The molecule has 34 heavy (non-hydrogen) atoms. The Balaban J connectivity index is 1.41. The van der Waals surface area contributed by atoms with Crippen molar-refractivity contribution in [1.29, 1.82) is 0 Å². The first kappa shape index (κ1) is 20.4. The van der Waals surface area contributed by atoms with Crippen molar-refractivity contribution in [3.05, 3.63) is 131 Å². The van der Waals surface area contributed by atoms with Crippen LogP contribution in [-0.2, 0) is 9.47 Å². The van der Waals surface area contributed by atoms with Gasteiger partial charge in [-0.25, -0.2) is 9.59 Å². The van der Waals surface area contributed by atoms with Crippen LogP contribution in [0.3, 0.4) is 0 Å². The Morgan fingerprint density at radius 1 is 0.588 bits per heavy atom. The molecule has 2 aliphatic carbocycles. The van der Waals surface area contributed by atoms with Crippen molar-refractivity contribution in [3.8, 4) is 11.1 Å². The molecule has 0 heterocycles. The predicted octanol–water partition coefficient (Wildman–Crippen LogP) is 6.33. The molecule has 166 valence electrons. The van der Waals surface area contributed by atoms with Crippen LogP contribution in [0.4, 0.5) is 0 Å². The highest BCUT2D eigenvalue weighted by atomic mass is 16.6. The fourth-order valence-electron chi connectivity index (χ4n) is 5.24. The maximum Gasteiger partial charge on any atom is 0.338 e. The van der Waals surface area contributed by atoms with Crippen molar-refractivity contribution < 1.29 is 19.1 Å². The Kier molecular flexibility index (Phi) is 4.99. The van der Waals surface area contributed by atoms with Gasteiger partial charge in [0.15, 0.2) is 6.10 Å². The molecule has 0 saturated heterocycles. The Bertz CT molecular complexity index is 1380. The van der Waals surface area contributed by atoms with Gasteiger partial charge in [-0.05, 0) is 52.9 Å². The van der Waals surface area contributed by atoms with Crippen molar-refractivity contribution in [2.45, 2.75) is 24.5 Å². The van der Waals surface area contributed by atoms with Gasteiger partial charge in [0.2, 0.25) is 0 Å². The van der Waals surface area contributed by atoms with Gasteiger partial charge in [-0.3, -0.25) is 0 Å². The number of esters is 2. The topological polar surface area (TPSA) is 52.6 Å². The highest BCUT2D eigenvalue weighted by Crippen LogP contribution is 2.54. The van der Waals surface area contributed by atoms with Crippen molar-refractivity contribution in [2.24, 2.45) is 0 Å². The van der Waals surface area contributed by atoms with E-state index in [1.165, 1.54) is 16.7 Å². The number of hydrogen-bond acceptors (Lipinski definition) is 4. The second-order valence-corrected chi connectivity index (χ2v) is 8.69. The average Bonchev–Trinajstić information content (AvgIpc) is 3.22. The second kappa shape index (κ2) is 8.31. The lowest BCUT2D eigenvalue weighted by molar-refractivity contribution is -0.0453. The minimum absolute atomic E-state index is 0.0858. The van der Waals surface area contributed by atoms with Crippen LogP contribution < -0.4 is 0 Å². The lowest BCUT2D eigenvalue weighted by Gasteiger charge is -2.36. The molecule has 4 nitrogen and oxygen atoms in total. The van der Waals surface area contributed by atoms with Crippen LogP contribution in [0.2, 0.25) is 0 Å². The maximum atomic E-state index is 13.1. The first-order chi connectivity index (χ1) is 16.7. The van der Waals surface area contributed by atoms with Gasteiger partial charge in [0.05, 0.1) is 11.1 Å². The third-order valence-corrected chi connectivity index (χ3v) is 6.74. The Labute approximate surface area is 197 Å². The van der Waals surface area contributed by atoms with Gasteiger partial charge in [0.1, 0.15) is 6.10 Å². The fraction of sp³-hybridized carbons (Fsp3) is 0.133. The number of benzene rings is 4. The Hall–Kier alpha value is -4.18. The van der Waals surface area contributed by atoms with Crippen molar-refractivity contribution >= 4 is 11.9 Å². The number of ether oxygens (including phenoxy) is 2. The molecule has 0 bridgehead atoms. The number of rotatable bonds is 4. The molecule has 0 N–H and O–H groups in total. The molecule has 3 atom stereocenters. The standard InChI is InChI=1S/C30H22O4/c31-29(19-10-3-1-4-11-19)33-26-18-25-22-15-8-7-14-21(22)23-16-9-17-24(27(23)25)28(26)34-30(32)20-12-5-2-6-13-20/h1-17,25-26,28H,18H2/t25-,26-,28-/m0/s1. The quantitative estimate of drug-likeness (QED) is 0.344. The fourth-order valence-corrected chi connectivity index (χ4v) is 5.24. The van der Waals surface area contributed by atoms with Crippen LogP contribution in [0, 0.1) is 0 Å². The first-order valence-corrected chi connectivity index (χ1v) is 11.4. The van der Waals surface area contributed by atoms with Gasteiger partial charge in [-0.15, -0.1) is 0 Å². The highest BCUT2D eigenvalue weighted by molar-refractivity contribution is 5.91. The molecule has 0 amide bonds. The molecule has 0 aliphatic heterocycles. The minimum Gasteiger partial charge on any atom is -0.454 e. The molecule has 2 aliphatic rings. The summed E-state index contributed by atoms with van der Waals surface area (Å²) in [6, 6.07) is 32.3. The molecule has 4 aromatic rings. The van der Waals surface area contributed by atoms with Gasteiger partial charge in [-0.2, -0.15) is 0 Å². The summed E-state index contributed by atoms with van der Waals surface area (Å²) < 4.78 is 12.1. The Morgan fingerprint density at radius 3 is 1.85 bits per heavy atom. The third kappa shape index (κ3) is 3.39. The molecule has 0 radical (unpaired) electrons. The van der Waals surface area contributed by atoms with E-state index >= 15 is 0 Å². The van der Waals surface area contributed by atoms with Crippen molar-refractivity contribution in [2.75, 3.05) is 0 Å². The molecule has 4 heteroatoms. The Morgan fingerprint density at radius 2 is 1.15 bits per heavy atom. The van der Waals surface area contributed by atoms with E-state index < -0.39 is 24.1 Å². The number of fused-ring (bicyclic) bond motifs is 3. The summed E-state index contributed by atoms with van der Waals surface area (Å²) in [5, 5.41) is 0. The van der Waals surface area contributed by atoms with Crippen LogP contribution >= 0.6 is 0 Å². The zero-order valence-corrected chi connectivity index (χ0v) is 18.4. The predicted molar refractivity (Wildman–Crippen MR) is 129 cm³/mol. The van der Waals surface area contributed by atoms with Crippen LogP contribution in [0.5, 0.6) is 0 Å². The normalized spacial score (nSPS) is 19.6. The van der Waals surface area contributed by atoms with Crippen LogP contribution in [-0.4, -0.2) is 18.0 Å². The molecule has 0 unspecified atom stereocenters. The maximum absolute atomic E-state index is 13.1. The summed E-state index contributed by atoms with van der Waals surface area (Å²) in [7, 11) is 0. The largest absolute Gasteiger partial charge is 0.454 e. The van der Waals surface area contributed by atoms with Gasteiger partial charge in [0, 0.05) is 11.5 Å². The van der Waals surface area contributed by atoms with Crippen LogP contribution in [0.15, 0.2) is 103 Å². The van der Waals surface area contributed by atoms with E-state index in [9.17, 15) is 9.59 Å². The lowest BCUT2D eigenvalue weighted by atomic mass is 9.78. The number of carbonyl (C=O) groups is 2. The molecule has 0 fully saturated rings. The summed E-state index contributed by atoms with van der Waals surface area (Å²) in [4.78, 5) is 26.1. The van der Waals surface area contributed by atoms with Gasteiger partial charge >= 0.3 is 11.9 Å². The van der Waals surface area contributed by atoms with E-state index in [1.807, 2.05) is 36.4 Å². The smallest absolute Gasteiger partial charge is 0.338 e. The van der Waals surface area contributed by atoms with Crippen molar-refractivity contribution in [1.82, 2.24) is 0 Å². The van der Waals surface area contributed by atoms with Gasteiger partial charge < -0.3 is 9.47 Å². The van der Waals surface area contributed by atoms with Gasteiger partial charge in [-0.1, -0.05) is 78.9 Å². The van der Waals surface area contributed by atoms with E-state index in [-0.39, 0.29) is 5.92 Å². The molecular formula is C30H22O4. The van der Waals surface area contributed by atoms with E-state index in [0.29, 0.717) is 17.5 Å². The summed E-state index contributed by atoms with van der Waals surface area (Å²) in [6.07, 6.45) is -0.757. The molecule has 6 rings (SSSR count). The summed E-state index contributed by atoms with van der Waals surface area (Å²) in [6.45, 7) is 0. The van der Waals surface area contributed by atoms with Gasteiger partial charge in [0.25, 0.3) is 0 Å². The summed E-state index contributed by atoms with van der Waals surface area (Å²) >= 11 is 0. The number of hydrogen-bond donors (Lipinski definition) is 0. The molecular weight excluding hydrogens is 424 g/mol.